The van der Waals surface area contributed by atoms with Crippen LogP contribution < -0.4 is 28.4 Å². The molecule has 12 heteroatoms. The number of methoxy groups -OCH3 is 5. The average Bonchev–Trinajstić information content (AvgIpc) is 3.36. The summed E-state index contributed by atoms with van der Waals surface area (Å²) in [5, 5.41) is 22.7. The van der Waals surface area contributed by atoms with E-state index in [1.54, 1.807) is 124 Å². The number of hydrogen-bond acceptors (Lipinski definition) is 10. The minimum atomic E-state index is -1.63. The lowest BCUT2D eigenvalue weighted by molar-refractivity contribution is 0.0688. The van der Waals surface area contributed by atoms with Crippen LogP contribution in [0.5, 0.6) is 40.2 Å². The molecule has 6 aromatic carbocycles. The molecule has 0 saturated heterocycles. The molecular weight excluding hydrogens is 821 g/mol. The third-order valence-electron chi connectivity index (χ3n) is 11.8. The fourth-order valence-electron chi connectivity index (χ4n) is 8.48. The van der Waals surface area contributed by atoms with E-state index in [1.165, 1.54) is 31.1 Å². The predicted molar refractivity (Wildman–Crippen MR) is 244 cm³/mol. The largest absolute Gasteiger partial charge is 0.497 e. The van der Waals surface area contributed by atoms with Gasteiger partial charge in [0.15, 0.2) is 34.1 Å². The van der Waals surface area contributed by atoms with E-state index in [2.05, 4.69) is 12.1 Å². The van der Waals surface area contributed by atoms with Crippen LogP contribution in [0.3, 0.4) is 0 Å². The van der Waals surface area contributed by atoms with Crippen LogP contribution in [-0.4, -0.2) is 57.2 Å². The Hall–Kier alpha value is -8.48. The highest BCUT2D eigenvalue weighted by Gasteiger charge is 2.47. The quantitative estimate of drug-likeness (QED) is 0.110. The van der Waals surface area contributed by atoms with Crippen LogP contribution in [0.25, 0.3) is 12.2 Å². The first kappa shape index (κ1) is 43.2. The molecule has 2 unspecified atom stereocenters. The number of benzene rings is 6. The number of nitriles is 2. The number of ether oxygens (including phenoxy) is 6. The maximum absolute atomic E-state index is 14.5. The van der Waals surface area contributed by atoms with Crippen molar-refractivity contribution in [3.05, 3.63) is 184 Å². The number of hydrogen-bond donors (Lipinski definition) is 0. The second-order valence-electron chi connectivity index (χ2n) is 15.3. The van der Waals surface area contributed by atoms with Gasteiger partial charge < -0.3 is 28.4 Å². The van der Waals surface area contributed by atoms with Crippen LogP contribution >= 0.6 is 0 Å². The number of nitrogens with zero attached hydrogens (tertiary/aromatic N) is 4. The first-order chi connectivity index (χ1) is 31.6. The first-order valence-corrected chi connectivity index (χ1v) is 20.6. The molecule has 0 N–H and O–H groups in total. The van der Waals surface area contributed by atoms with E-state index in [9.17, 15) is 20.1 Å². The van der Waals surface area contributed by atoms with Gasteiger partial charge >= 0.3 is 0 Å². The normalized spacial score (nSPS) is 16.8. The average molecular weight is 865 g/mol. The Morgan fingerprint density at radius 1 is 0.508 bits per heavy atom. The summed E-state index contributed by atoms with van der Waals surface area (Å²) in [5.41, 5.74) is 1.36. The van der Waals surface area contributed by atoms with Crippen LogP contribution in [0.15, 0.2) is 140 Å². The van der Waals surface area contributed by atoms with Crippen molar-refractivity contribution in [1.82, 2.24) is 9.80 Å². The van der Waals surface area contributed by atoms with Gasteiger partial charge in [0.05, 0.1) is 47.7 Å². The Kier molecular flexibility index (Phi) is 12.0. The van der Waals surface area contributed by atoms with Crippen LogP contribution in [-0.2, 0) is 23.9 Å². The molecule has 8 rings (SSSR count). The van der Waals surface area contributed by atoms with Gasteiger partial charge in [0, 0.05) is 59.1 Å². The highest BCUT2D eigenvalue weighted by Crippen LogP contribution is 2.47. The molecule has 2 aliphatic heterocycles. The maximum Gasteiger partial charge on any atom is 0.259 e. The number of carbonyl (C=O) groups excluding carboxylic acids is 2. The Morgan fingerprint density at radius 2 is 1.00 bits per heavy atom. The molecule has 6 aromatic rings. The maximum atomic E-state index is 14.5. The fraction of sp³-hybridized carbons (Fsp3) is 0.170. The molecule has 0 bridgehead atoms. The van der Waals surface area contributed by atoms with E-state index in [-0.39, 0.29) is 30.2 Å². The van der Waals surface area contributed by atoms with Crippen LogP contribution in [0.4, 0.5) is 0 Å². The lowest BCUT2D eigenvalue weighted by atomic mass is 9.78. The van der Waals surface area contributed by atoms with E-state index in [0.717, 1.165) is 11.1 Å². The number of amides is 2. The van der Waals surface area contributed by atoms with Gasteiger partial charge in [0.25, 0.3) is 11.8 Å². The van der Waals surface area contributed by atoms with Crippen LogP contribution in [0, 0.1) is 22.7 Å². The summed E-state index contributed by atoms with van der Waals surface area (Å²) in [4.78, 5) is 31.7. The van der Waals surface area contributed by atoms with Crippen molar-refractivity contribution >= 4 is 24.0 Å². The lowest BCUT2D eigenvalue weighted by Gasteiger charge is -2.41. The monoisotopic (exact) mass is 864 g/mol. The van der Waals surface area contributed by atoms with Gasteiger partial charge in [-0.1, -0.05) is 54.6 Å². The highest BCUT2D eigenvalue weighted by molar-refractivity contribution is 5.98. The third-order valence-corrected chi connectivity index (χ3v) is 11.8. The van der Waals surface area contributed by atoms with Gasteiger partial charge in [0.2, 0.25) is 0 Å². The summed E-state index contributed by atoms with van der Waals surface area (Å²) < 4.78 is 35.5. The third kappa shape index (κ3) is 7.83. The van der Waals surface area contributed by atoms with Crippen molar-refractivity contribution < 1.29 is 38.0 Å². The summed E-state index contributed by atoms with van der Waals surface area (Å²) in [6, 6.07) is 42.2. The van der Waals surface area contributed by atoms with Crippen molar-refractivity contribution in [3.8, 4) is 52.4 Å². The van der Waals surface area contributed by atoms with Crippen molar-refractivity contribution in [2.75, 3.05) is 35.5 Å². The molecule has 0 spiro atoms. The van der Waals surface area contributed by atoms with Crippen molar-refractivity contribution in [2.45, 2.75) is 23.9 Å². The Bertz CT molecular complexity index is 2940. The number of rotatable bonds is 13. The molecule has 2 aliphatic rings. The molecule has 65 heavy (non-hydrogen) atoms. The molecule has 0 saturated carbocycles. The molecule has 0 aromatic heterocycles. The topological polar surface area (TPSA) is 144 Å². The molecule has 0 radical (unpaired) electrons. The molecular formula is C53H44N4O8. The van der Waals surface area contributed by atoms with E-state index in [1.807, 2.05) is 42.5 Å². The summed E-state index contributed by atoms with van der Waals surface area (Å²) >= 11 is 0. The minimum absolute atomic E-state index is 0.0325. The highest BCUT2D eigenvalue weighted by atomic mass is 16.5. The van der Waals surface area contributed by atoms with Crippen LogP contribution in [0.2, 0.25) is 0 Å². The molecule has 2 amide bonds. The molecule has 0 fully saturated rings. The lowest BCUT2D eigenvalue weighted by Crippen LogP contribution is -2.49. The van der Waals surface area contributed by atoms with Crippen LogP contribution in [0.1, 0.15) is 54.1 Å². The number of fused-ring (bicyclic) bond motifs is 2. The van der Waals surface area contributed by atoms with E-state index in [0.29, 0.717) is 62.1 Å². The summed E-state index contributed by atoms with van der Waals surface area (Å²) in [5.74, 6) is 1.87. The standard InChI is InChI=1S/C53H44N4O8/c1-60-41-19-17-36-22-24-56(50(58)38-12-8-6-9-13-38)52(33-54,43(36)28-41)31-35-16-21-45(62-3)49(26-35)65-46-30-48(64-5)47(63-4)27-40(46)32-53(34-55)44-29-42(61-2)20-18-37(44)23-25-57(53)51(59)39-14-10-7-11-15-39/h6-30H,31-32H2,1-5H3. The van der Waals surface area contributed by atoms with E-state index in [4.69, 9.17) is 28.4 Å². The molecule has 324 valence electrons. The zero-order valence-electron chi connectivity index (χ0n) is 36.4. The summed E-state index contributed by atoms with van der Waals surface area (Å²) in [6.45, 7) is 0. The second kappa shape index (κ2) is 18.1. The molecule has 2 atom stereocenters. The van der Waals surface area contributed by atoms with Gasteiger partial charge in [-0.15, -0.1) is 0 Å². The molecule has 2 heterocycles. The fourth-order valence-corrected chi connectivity index (χ4v) is 8.48. The SMILES string of the molecule is COc1ccc2c(c1)C(C#N)(Cc1ccc(OC)c(Oc3cc(OC)c(OC)cc3CC3(C#N)c4cc(OC)ccc4C=CN3C(=O)c3ccccc3)c1)N(C(=O)c1ccccc1)C=C2. The molecule has 0 aliphatic carbocycles. The second-order valence-corrected chi connectivity index (χ2v) is 15.3. The zero-order chi connectivity index (χ0) is 45.7. The van der Waals surface area contributed by atoms with Crippen molar-refractivity contribution in [3.63, 3.8) is 0 Å². The Labute approximate surface area is 377 Å². The first-order valence-electron chi connectivity index (χ1n) is 20.6. The Balaban J connectivity index is 1.25. The Morgan fingerprint density at radius 3 is 1.48 bits per heavy atom. The number of carbonyl (C=O) groups is 2. The van der Waals surface area contributed by atoms with Gasteiger partial charge in [-0.25, -0.2) is 0 Å². The van der Waals surface area contributed by atoms with Gasteiger partial charge in [-0.2, -0.15) is 10.5 Å². The van der Waals surface area contributed by atoms with Gasteiger partial charge in [0.1, 0.15) is 17.2 Å². The van der Waals surface area contributed by atoms with Crippen molar-refractivity contribution in [1.29, 1.82) is 10.5 Å². The molecule has 12 nitrogen and oxygen atoms in total. The summed E-state index contributed by atoms with van der Waals surface area (Å²) in [7, 11) is 7.62. The van der Waals surface area contributed by atoms with E-state index >= 15 is 0 Å². The van der Waals surface area contributed by atoms with Crippen molar-refractivity contribution in [2.24, 2.45) is 0 Å². The predicted octanol–water partition coefficient (Wildman–Crippen LogP) is 9.70. The van der Waals surface area contributed by atoms with Gasteiger partial charge in [-0.05, 0) is 95.6 Å². The smallest absolute Gasteiger partial charge is 0.259 e. The van der Waals surface area contributed by atoms with Gasteiger partial charge in [-0.3, -0.25) is 19.4 Å². The summed E-state index contributed by atoms with van der Waals surface area (Å²) in [6.07, 6.45) is 6.84. The zero-order valence-corrected chi connectivity index (χ0v) is 36.4. The minimum Gasteiger partial charge on any atom is -0.497 e. The van der Waals surface area contributed by atoms with E-state index < -0.39 is 17.0 Å².